The van der Waals surface area contributed by atoms with E-state index in [1.807, 2.05) is 30.3 Å². The van der Waals surface area contributed by atoms with Crippen LogP contribution in [0.3, 0.4) is 0 Å². The van der Waals surface area contributed by atoms with Crippen LogP contribution in [0.2, 0.25) is 5.02 Å². The van der Waals surface area contributed by atoms with Gasteiger partial charge in [-0.15, -0.1) is 0 Å². The number of halogens is 2. The van der Waals surface area contributed by atoms with Gasteiger partial charge in [-0.2, -0.15) is 0 Å². The molecule has 0 saturated carbocycles. The molecule has 2 heterocycles. The second-order valence-corrected chi connectivity index (χ2v) is 7.35. The van der Waals surface area contributed by atoms with Crippen molar-refractivity contribution < 1.29 is 14.0 Å². The van der Waals surface area contributed by atoms with Gasteiger partial charge in [-0.05, 0) is 51.8 Å². The average Bonchev–Trinajstić information content (AvgIpc) is 3.03. The van der Waals surface area contributed by atoms with Gasteiger partial charge in [-0.1, -0.05) is 41.9 Å². The molecule has 1 aliphatic heterocycles. The predicted molar refractivity (Wildman–Crippen MR) is 106 cm³/mol. The number of amides is 2. The molecule has 27 heavy (non-hydrogen) atoms. The first kappa shape index (κ1) is 17.8. The highest BCUT2D eigenvalue weighted by Gasteiger charge is 2.35. The number of hydrogen-bond acceptors (Lipinski definition) is 3. The third-order valence-electron chi connectivity index (χ3n) is 4.37. The Balaban J connectivity index is 1.89. The van der Waals surface area contributed by atoms with Gasteiger partial charge < -0.3 is 14.6 Å². The van der Waals surface area contributed by atoms with E-state index in [0.29, 0.717) is 15.4 Å². The molecule has 136 valence electrons. The van der Waals surface area contributed by atoms with Crippen molar-refractivity contribution in [3.05, 3.63) is 87.2 Å². The Morgan fingerprint density at radius 2 is 1.93 bits per heavy atom. The normalized spacial score (nSPS) is 16.4. The molecule has 3 aromatic rings. The average molecular weight is 446 g/mol. The van der Waals surface area contributed by atoms with Gasteiger partial charge >= 0.3 is 0 Å². The molecule has 2 aromatic carbocycles. The first-order valence-corrected chi connectivity index (χ1v) is 9.40. The summed E-state index contributed by atoms with van der Waals surface area (Å²) >= 11 is 9.44. The van der Waals surface area contributed by atoms with Crippen molar-refractivity contribution in [2.45, 2.75) is 6.04 Å². The summed E-state index contributed by atoms with van der Waals surface area (Å²) in [6.45, 7) is -0.108. The Kier molecular flexibility index (Phi) is 4.76. The van der Waals surface area contributed by atoms with Gasteiger partial charge in [-0.25, -0.2) is 0 Å². The molecule has 4 rings (SSSR count). The molecule has 0 unspecified atom stereocenters. The van der Waals surface area contributed by atoms with Crippen molar-refractivity contribution in [1.82, 2.24) is 4.90 Å². The van der Waals surface area contributed by atoms with Crippen molar-refractivity contribution in [3.8, 4) is 0 Å². The molecule has 7 heteroatoms. The second kappa shape index (κ2) is 7.21. The lowest BCUT2D eigenvalue weighted by atomic mass is 9.95. The lowest BCUT2D eigenvalue weighted by molar-refractivity contribution is -0.117. The number of nitrogens with zero attached hydrogens (tertiary/aromatic N) is 1. The highest BCUT2D eigenvalue weighted by Crippen LogP contribution is 2.38. The number of furan rings is 1. The van der Waals surface area contributed by atoms with Crippen LogP contribution in [0, 0.1) is 0 Å². The zero-order valence-corrected chi connectivity index (χ0v) is 16.3. The van der Waals surface area contributed by atoms with Gasteiger partial charge in [0.25, 0.3) is 5.91 Å². The molecule has 1 atom stereocenters. The summed E-state index contributed by atoms with van der Waals surface area (Å²) in [6, 6.07) is 17.5. The van der Waals surface area contributed by atoms with Gasteiger partial charge in [0.2, 0.25) is 5.91 Å². The van der Waals surface area contributed by atoms with Gasteiger partial charge in [0, 0.05) is 16.3 Å². The Bertz CT molecular complexity index is 1020. The summed E-state index contributed by atoms with van der Waals surface area (Å²) < 4.78 is 5.89. The van der Waals surface area contributed by atoms with Gasteiger partial charge in [0.1, 0.15) is 6.54 Å². The molecule has 5 nitrogen and oxygen atoms in total. The summed E-state index contributed by atoms with van der Waals surface area (Å²) in [4.78, 5) is 27.2. The van der Waals surface area contributed by atoms with Crippen LogP contribution in [0.25, 0.3) is 0 Å². The molecule has 1 N–H and O–H groups in total. The van der Waals surface area contributed by atoms with E-state index in [2.05, 4.69) is 21.2 Å². The smallest absolute Gasteiger partial charge is 0.290 e. The Morgan fingerprint density at radius 1 is 1.15 bits per heavy atom. The van der Waals surface area contributed by atoms with Crippen LogP contribution in [0.5, 0.6) is 0 Å². The number of benzene rings is 2. The zero-order chi connectivity index (χ0) is 19.0. The SMILES string of the molecule is O=C1CN(C(=O)c2ccc(Br)o2)[C@@H](c2ccccc2)c2cc(Cl)ccc2N1. The third-order valence-corrected chi connectivity index (χ3v) is 5.03. The van der Waals surface area contributed by atoms with Crippen molar-refractivity contribution in [1.29, 1.82) is 0 Å². The van der Waals surface area contributed by atoms with Crippen LogP contribution in [0.4, 0.5) is 5.69 Å². The van der Waals surface area contributed by atoms with E-state index >= 15 is 0 Å². The number of anilines is 1. The summed E-state index contributed by atoms with van der Waals surface area (Å²) in [5.41, 5.74) is 2.25. The summed E-state index contributed by atoms with van der Waals surface area (Å²) in [5.74, 6) is -0.505. The van der Waals surface area contributed by atoms with E-state index in [0.717, 1.165) is 11.1 Å². The summed E-state index contributed by atoms with van der Waals surface area (Å²) in [5, 5.41) is 3.39. The maximum Gasteiger partial charge on any atom is 0.290 e. The molecule has 2 amide bonds. The van der Waals surface area contributed by atoms with Gasteiger partial charge in [0.05, 0.1) is 6.04 Å². The largest absolute Gasteiger partial charge is 0.444 e. The molecule has 1 aliphatic rings. The number of rotatable bonds is 2. The monoisotopic (exact) mass is 444 g/mol. The lowest BCUT2D eigenvalue weighted by Gasteiger charge is -2.30. The Hall–Kier alpha value is -2.57. The van der Waals surface area contributed by atoms with Crippen LogP contribution in [0.1, 0.15) is 27.7 Å². The van der Waals surface area contributed by atoms with E-state index in [9.17, 15) is 9.59 Å². The molecule has 0 radical (unpaired) electrons. The maximum atomic E-state index is 13.2. The minimum absolute atomic E-state index is 0.108. The number of hydrogen-bond donors (Lipinski definition) is 1. The fourth-order valence-corrected chi connectivity index (χ4v) is 3.72. The first-order valence-electron chi connectivity index (χ1n) is 8.23. The number of carbonyl (C=O) groups is 2. The molecular formula is C20H14BrClN2O3. The van der Waals surface area contributed by atoms with E-state index in [1.54, 1.807) is 30.3 Å². The van der Waals surface area contributed by atoms with E-state index < -0.39 is 6.04 Å². The summed E-state index contributed by atoms with van der Waals surface area (Å²) in [6.07, 6.45) is 0. The molecule has 1 aromatic heterocycles. The number of carbonyl (C=O) groups excluding carboxylic acids is 2. The van der Waals surface area contributed by atoms with Crippen LogP contribution in [0.15, 0.2) is 69.8 Å². The standard InChI is InChI=1S/C20H14BrClN2O3/c21-17-9-8-16(27-17)20(26)24-11-18(25)23-15-7-6-13(22)10-14(15)19(24)12-4-2-1-3-5-12/h1-10,19H,11H2,(H,23,25)/t19-/m0/s1. The number of nitrogens with one attached hydrogen (secondary N) is 1. The minimum Gasteiger partial charge on any atom is -0.444 e. The second-order valence-electron chi connectivity index (χ2n) is 6.13. The van der Waals surface area contributed by atoms with E-state index in [-0.39, 0.29) is 24.1 Å². The Labute approximate surface area is 169 Å². The molecule has 0 fully saturated rings. The fraction of sp³-hybridized carbons (Fsp3) is 0.100. The topological polar surface area (TPSA) is 62.6 Å². The van der Waals surface area contributed by atoms with Gasteiger partial charge in [0.15, 0.2) is 10.4 Å². The molecule has 0 saturated heterocycles. The van der Waals surface area contributed by atoms with E-state index in [4.69, 9.17) is 16.0 Å². The van der Waals surface area contributed by atoms with Gasteiger partial charge in [-0.3, -0.25) is 9.59 Å². The zero-order valence-electron chi connectivity index (χ0n) is 14.0. The maximum absolute atomic E-state index is 13.2. The Morgan fingerprint density at radius 3 is 2.63 bits per heavy atom. The quantitative estimate of drug-likeness (QED) is 0.611. The van der Waals surface area contributed by atoms with Crippen LogP contribution in [-0.2, 0) is 4.79 Å². The van der Waals surface area contributed by atoms with Crippen LogP contribution in [-0.4, -0.2) is 23.3 Å². The predicted octanol–water partition coefficient (Wildman–Crippen LogP) is 4.88. The van der Waals surface area contributed by atoms with Crippen LogP contribution >= 0.6 is 27.5 Å². The highest BCUT2D eigenvalue weighted by atomic mass is 79.9. The van der Waals surface area contributed by atoms with Crippen LogP contribution < -0.4 is 5.32 Å². The first-order chi connectivity index (χ1) is 13.0. The summed E-state index contributed by atoms with van der Waals surface area (Å²) in [7, 11) is 0. The van der Waals surface area contributed by atoms with Crippen molar-refractivity contribution >= 4 is 45.0 Å². The molecule has 0 spiro atoms. The minimum atomic E-state index is -0.491. The lowest BCUT2D eigenvalue weighted by Crippen LogP contribution is -2.38. The van der Waals surface area contributed by atoms with Crippen molar-refractivity contribution in [3.63, 3.8) is 0 Å². The highest BCUT2D eigenvalue weighted by molar-refractivity contribution is 9.10. The van der Waals surface area contributed by atoms with Crippen molar-refractivity contribution in [2.24, 2.45) is 0 Å². The molecular weight excluding hydrogens is 432 g/mol. The van der Waals surface area contributed by atoms with E-state index in [1.165, 1.54) is 4.90 Å². The molecule has 0 aliphatic carbocycles. The number of fused-ring (bicyclic) bond motifs is 1. The molecule has 0 bridgehead atoms. The third kappa shape index (κ3) is 3.50. The van der Waals surface area contributed by atoms with Crippen molar-refractivity contribution in [2.75, 3.05) is 11.9 Å². The fourth-order valence-electron chi connectivity index (χ4n) is 3.23.